The van der Waals surface area contributed by atoms with E-state index >= 15 is 0 Å². The zero-order chi connectivity index (χ0) is 22.6. The molecule has 1 saturated heterocycles. The number of carbonyl (C=O) groups excluding carboxylic acids is 1. The number of nitrogens with one attached hydrogen (secondary N) is 2. The van der Waals surface area contributed by atoms with Crippen LogP contribution < -0.4 is 15.4 Å². The lowest BCUT2D eigenvalue weighted by atomic mass is 10.0. The molecule has 0 bridgehead atoms. The summed E-state index contributed by atoms with van der Waals surface area (Å²) in [5.74, 6) is 2.64. The third-order valence-corrected chi connectivity index (χ3v) is 6.43. The minimum Gasteiger partial charge on any atom is -0.491 e. The van der Waals surface area contributed by atoms with Crippen molar-refractivity contribution in [3.63, 3.8) is 0 Å². The molecule has 0 spiro atoms. The molecule has 0 saturated carbocycles. The van der Waals surface area contributed by atoms with Crippen LogP contribution >= 0.6 is 0 Å². The van der Waals surface area contributed by atoms with Crippen LogP contribution in [0.2, 0.25) is 0 Å². The summed E-state index contributed by atoms with van der Waals surface area (Å²) in [5.41, 5.74) is 2.96. The Bertz CT molecular complexity index is 1140. The highest BCUT2D eigenvalue weighted by atomic mass is 16.5. The van der Waals surface area contributed by atoms with E-state index in [2.05, 4.69) is 15.6 Å². The highest BCUT2D eigenvalue weighted by Gasteiger charge is 2.27. The molecule has 33 heavy (non-hydrogen) atoms. The Morgan fingerprint density at radius 2 is 2.18 bits per heavy atom. The van der Waals surface area contributed by atoms with E-state index in [1.807, 2.05) is 42.3 Å². The molecule has 8 nitrogen and oxygen atoms in total. The van der Waals surface area contributed by atoms with Crippen LogP contribution in [0.5, 0.6) is 5.75 Å². The fourth-order valence-corrected chi connectivity index (χ4v) is 4.69. The standard InChI is InChI=1S/C25H30N6O2/c1-26-24-18-11-14-31(16-20(18)29-25(30-24)19-8-4-12-27-19)22(32)10-5-15-33-21-9-2-6-17-7-3-13-28-23(17)21/h2-3,6-7,9,13,19,27H,4-5,8,10-12,14-16H2,1H3,(H,26,29,30). The van der Waals surface area contributed by atoms with Gasteiger partial charge in [0, 0.05) is 37.2 Å². The van der Waals surface area contributed by atoms with Crippen LogP contribution in [0.15, 0.2) is 36.5 Å². The second-order valence-corrected chi connectivity index (χ2v) is 8.60. The second-order valence-electron chi connectivity index (χ2n) is 8.60. The van der Waals surface area contributed by atoms with Crippen molar-refractivity contribution in [3.05, 3.63) is 53.6 Å². The maximum absolute atomic E-state index is 12.9. The van der Waals surface area contributed by atoms with Gasteiger partial charge in [-0.25, -0.2) is 9.97 Å². The van der Waals surface area contributed by atoms with Gasteiger partial charge in [0.05, 0.1) is 24.9 Å². The molecule has 2 aliphatic heterocycles. The van der Waals surface area contributed by atoms with E-state index < -0.39 is 0 Å². The minimum atomic E-state index is 0.144. The molecule has 2 N–H and O–H groups in total. The average molecular weight is 447 g/mol. The van der Waals surface area contributed by atoms with Gasteiger partial charge >= 0.3 is 0 Å². The lowest BCUT2D eigenvalue weighted by Crippen LogP contribution is -2.37. The van der Waals surface area contributed by atoms with Crippen molar-refractivity contribution in [2.24, 2.45) is 0 Å². The van der Waals surface area contributed by atoms with E-state index in [1.165, 1.54) is 0 Å². The summed E-state index contributed by atoms with van der Waals surface area (Å²) < 4.78 is 5.95. The lowest BCUT2D eigenvalue weighted by molar-refractivity contribution is -0.132. The predicted octanol–water partition coefficient (Wildman–Crippen LogP) is 3.23. The van der Waals surface area contributed by atoms with Gasteiger partial charge in [-0.3, -0.25) is 9.78 Å². The number of benzene rings is 1. The fraction of sp³-hybridized carbons (Fsp3) is 0.440. The van der Waals surface area contributed by atoms with Crippen molar-refractivity contribution in [1.82, 2.24) is 25.2 Å². The van der Waals surface area contributed by atoms with Gasteiger partial charge in [-0.15, -0.1) is 0 Å². The van der Waals surface area contributed by atoms with Crippen LogP contribution in [0.3, 0.4) is 0 Å². The number of ether oxygens (including phenoxy) is 1. The molecule has 4 heterocycles. The molecule has 1 aromatic carbocycles. The maximum atomic E-state index is 12.9. The summed E-state index contributed by atoms with van der Waals surface area (Å²) in [6.07, 6.45) is 5.85. The fourth-order valence-electron chi connectivity index (χ4n) is 4.69. The number of anilines is 1. The first-order chi connectivity index (χ1) is 16.2. The number of rotatable bonds is 7. The van der Waals surface area contributed by atoms with Crippen LogP contribution in [-0.2, 0) is 17.8 Å². The molecule has 3 aromatic rings. The average Bonchev–Trinajstić information content (AvgIpc) is 3.40. The molecule has 172 valence electrons. The smallest absolute Gasteiger partial charge is 0.223 e. The van der Waals surface area contributed by atoms with Gasteiger partial charge in [-0.05, 0) is 44.4 Å². The predicted molar refractivity (Wildman–Crippen MR) is 127 cm³/mol. The number of aromatic nitrogens is 3. The normalized spacial score (nSPS) is 17.7. The van der Waals surface area contributed by atoms with Gasteiger partial charge < -0.3 is 20.3 Å². The Morgan fingerprint density at radius 3 is 3.03 bits per heavy atom. The van der Waals surface area contributed by atoms with Crippen molar-refractivity contribution < 1.29 is 9.53 Å². The first-order valence-electron chi connectivity index (χ1n) is 11.8. The number of para-hydroxylation sites is 1. The van der Waals surface area contributed by atoms with Crippen molar-refractivity contribution in [1.29, 1.82) is 0 Å². The largest absolute Gasteiger partial charge is 0.491 e. The Hall–Kier alpha value is -3.26. The molecule has 1 amide bonds. The van der Waals surface area contributed by atoms with Gasteiger partial charge in [-0.2, -0.15) is 0 Å². The highest BCUT2D eigenvalue weighted by Crippen LogP contribution is 2.28. The van der Waals surface area contributed by atoms with Gasteiger partial charge in [0.15, 0.2) is 0 Å². The van der Waals surface area contributed by atoms with Gasteiger partial charge in [0.2, 0.25) is 5.91 Å². The van der Waals surface area contributed by atoms with Crippen LogP contribution in [0.1, 0.15) is 48.8 Å². The molecular formula is C25H30N6O2. The summed E-state index contributed by atoms with van der Waals surface area (Å²) in [4.78, 5) is 28.9. The van der Waals surface area contributed by atoms with E-state index in [9.17, 15) is 4.79 Å². The number of nitrogens with zero attached hydrogens (tertiary/aromatic N) is 4. The molecular weight excluding hydrogens is 416 g/mol. The molecule has 0 radical (unpaired) electrons. The van der Waals surface area contributed by atoms with Crippen molar-refractivity contribution in [3.8, 4) is 5.75 Å². The molecule has 2 aliphatic rings. The summed E-state index contributed by atoms with van der Waals surface area (Å²) in [6, 6.07) is 10.0. The van der Waals surface area contributed by atoms with Crippen LogP contribution in [0, 0.1) is 0 Å². The van der Waals surface area contributed by atoms with Gasteiger partial charge in [0.25, 0.3) is 0 Å². The summed E-state index contributed by atoms with van der Waals surface area (Å²) in [5, 5.41) is 7.75. The summed E-state index contributed by atoms with van der Waals surface area (Å²) >= 11 is 0. The minimum absolute atomic E-state index is 0.144. The number of hydrogen-bond donors (Lipinski definition) is 2. The highest BCUT2D eigenvalue weighted by molar-refractivity contribution is 5.84. The number of amides is 1. The Morgan fingerprint density at radius 1 is 1.27 bits per heavy atom. The molecule has 1 fully saturated rings. The summed E-state index contributed by atoms with van der Waals surface area (Å²) in [6.45, 7) is 2.72. The molecule has 1 atom stereocenters. The van der Waals surface area contributed by atoms with Crippen LogP contribution in [0.25, 0.3) is 10.9 Å². The van der Waals surface area contributed by atoms with E-state index in [0.717, 1.165) is 65.4 Å². The van der Waals surface area contributed by atoms with E-state index in [-0.39, 0.29) is 11.9 Å². The molecule has 0 aliphatic carbocycles. The molecule has 1 unspecified atom stereocenters. The first-order valence-corrected chi connectivity index (χ1v) is 11.8. The van der Waals surface area contributed by atoms with E-state index in [4.69, 9.17) is 14.7 Å². The quantitative estimate of drug-likeness (QED) is 0.538. The molecule has 2 aromatic heterocycles. The number of hydrogen-bond acceptors (Lipinski definition) is 7. The third-order valence-electron chi connectivity index (χ3n) is 6.43. The monoisotopic (exact) mass is 446 g/mol. The van der Waals surface area contributed by atoms with Crippen molar-refractivity contribution in [2.75, 3.05) is 32.1 Å². The molecule has 8 heteroatoms. The SMILES string of the molecule is CNc1nc(C2CCCN2)nc2c1CCN(C(=O)CCCOc1cccc3cccnc13)C2. The van der Waals surface area contributed by atoms with Crippen LogP contribution in [0.4, 0.5) is 5.82 Å². The first kappa shape index (κ1) is 21.6. The zero-order valence-electron chi connectivity index (χ0n) is 19.0. The molecule has 5 rings (SSSR count). The number of fused-ring (bicyclic) bond motifs is 2. The lowest BCUT2D eigenvalue weighted by Gasteiger charge is -2.30. The summed E-state index contributed by atoms with van der Waals surface area (Å²) in [7, 11) is 1.90. The Kier molecular flexibility index (Phi) is 6.35. The number of pyridine rings is 1. The number of carbonyl (C=O) groups is 1. The van der Waals surface area contributed by atoms with E-state index in [0.29, 0.717) is 32.5 Å². The Balaban J connectivity index is 1.19. The van der Waals surface area contributed by atoms with Gasteiger partial charge in [-0.1, -0.05) is 18.2 Å². The topological polar surface area (TPSA) is 92.3 Å². The van der Waals surface area contributed by atoms with Gasteiger partial charge in [0.1, 0.15) is 22.9 Å². The zero-order valence-corrected chi connectivity index (χ0v) is 19.0. The van der Waals surface area contributed by atoms with Crippen LogP contribution in [-0.4, -0.2) is 52.5 Å². The van der Waals surface area contributed by atoms with Crippen molar-refractivity contribution in [2.45, 2.75) is 44.7 Å². The van der Waals surface area contributed by atoms with Crippen molar-refractivity contribution >= 4 is 22.6 Å². The van der Waals surface area contributed by atoms with E-state index in [1.54, 1.807) is 6.20 Å². The Labute approximate surface area is 193 Å². The second kappa shape index (κ2) is 9.70. The maximum Gasteiger partial charge on any atom is 0.223 e. The third kappa shape index (κ3) is 4.61.